The second-order valence-electron chi connectivity index (χ2n) is 5.66. The van der Waals surface area contributed by atoms with E-state index in [-0.39, 0.29) is 5.78 Å². The first-order chi connectivity index (χ1) is 12.2. The number of hydrogen-bond donors (Lipinski definition) is 1. The molecule has 0 bridgehead atoms. The van der Waals surface area contributed by atoms with Crippen LogP contribution in [0.2, 0.25) is 0 Å². The van der Waals surface area contributed by atoms with Crippen LogP contribution < -0.4 is 4.74 Å². The molecule has 1 aromatic heterocycles. The molecule has 0 aliphatic heterocycles. The van der Waals surface area contributed by atoms with Gasteiger partial charge >= 0.3 is 0 Å². The van der Waals surface area contributed by atoms with Crippen molar-refractivity contribution in [2.75, 3.05) is 12.9 Å². The molecule has 4 nitrogen and oxygen atoms in total. The fourth-order valence-corrected chi connectivity index (χ4v) is 3.61. The molecule has 25 heavy (non-hydrogen) atoms. The third-order valence-corrected chi connectivity index (χ3v) is 4.97. The first kappa shape index (κ1) is 15.7. The number of aromatic nitrogens is 2. The highest BCUT2D eigenvalue weighted by atomic mass is 32.2. The highest BCUT2D eigenvalue weighted by Crippen LogP contribution is 2.25. The number of aromatic amines is 1. The number of imidazole rings is 1. The average molecular weight is 348 g/mol. The zero-order valence-electron chi connectivity index (χ0n) is 13.7. The molecule has 4 aromatic rings. The standard InChI is InChI=1S/C20H16N2O2S/c1-24-14-9-10-17-18(11-14)22-20(21-17)25-12-19(23)16-8-4-6-13-5-2-3-7-15(13)16/h2-11H,12H2,1H3,(H,21,22). The Morgan fingerprint density at radius 3 is 2.84 bits per heavy atom. The monoisotopic (exact) mass is 348 g/mol. The normalized spacial score (nSPS) is 11.1. The Balaban J connectivity index is 1.55. The van der Waals surface area contributed by atoms with Crippen LogP contribution in [0.4, 0.5) is 0 Å². The van der Waals surface area contributed by atoms with E-state index in [0.29, 0.717) is 5.75 Å². The van der Waals surface area contributed by atoms with Crippen LogP contribution in [0.5, 0.6) is 5.75 Å². The van der Waals surface area contributed by atoms with E-state index in [0.717, 1.165) is 38.3 Å². The number of methoxy groups -OCH3 is 1. The first-order valence-corrected chi connectivity index (χ1v) is 8.91. The topological polar surface area (TPSA) is 55.0 Å². The Hall–Kier alpha value is -2.79. The van der Waals surface area contributed by atoms with Gasteiger partial charge in [0.1, 0.15) is 5.75 Å². The fraction of sp³-hybridized carbons (Fsp3) is 0.100. The molecule has 0 saturated heterocycles. The van der Waals surface area contributed by atoms with Gasteiger partial charge in [-0.3, -0.25) is 4.79 Å². The lowest BCUT2D eigenvalue weighted by molar-refractivity contribution is 0.102. The molecule has 0 atom stereocenters. The predicted octanol–water partition coefficient (Wildman–Crippen LogP) is 4.70. The predicted molar refractivity (Wildman–Crippen MR) is 102 cm³/mol. The van der Waals surface area contributed by atoms with Crippen molar-refractivity contribution in [1.29, 1.82) is 0 Å². The zero-order chi connectivity index (χ0) is 17.2. The van der Waals surface area contributed by atoms with E-state index in [1.54, 1.807) is 7.11 Å². The number of Topliss-reactive ketones (excluding diaryl/α,β-unsaturated/α-hetero) is 1. The second kappa shape index (κ2) is 6.61. The van der Waals surface area contributed by atoms with Crippen LogP contribution in [0.1, 0.15) is 10.4 Å². The summed E-state index contributed by atoms with van der Waals surface area (Å²) in [7, 11) is 1.63. The lowest BCUT2D eigenvalue weighted by atomic mass is 10.0. The van der Waals surface area contributed by atoms with Gasteiger partial charge in [0.15, 0.2) is 10.9 Å². The first-order valence-electron chi connectivity index (χ1n) is 7.92. The van der Waals surface area contributed by atoms with E-state index in [1.807, 2.05) is 60.7 Å². The number of rotatable bonds is 5. The summed E-state index contributed by atoms with van der Waals surface area (Å²) < 4.78 is 5.22. The van der Waals surface area contributed by atoms with Gasteiger partial charge < -0.3 is 9.72 Å². The molecule has 124 valence electrons. The van der Waals surface area contributed by atoms with Gasteiger partial charge in [-0.05, 0) is 22.9 Å². The summed E-state index contributed by atoms with van der Waals surface area (Å²) >= 11 is 1.41. The van der Waals surface area contributed by atoms with Gasteiger partial charge in [-0.2, -0.15) is 0 Å². The Bertz CT molecular complexity index is 1070. The maximum atomic E-state index is 12.7. The summed E-state index contributed by atoms with van der Waals surface area (Å²) in [6, 6.07) is 19.5. The van der Waals surface area contributed by atoms with Gasteiger partial charge in [-0.25, -0.2) is 4.98 Å². The van der Waals surface area contributed by atoms with Crippen LogP contribution >= 0.6 is 11.8 Å². The number of thioether (sulfide) groups is 1. The van der Waals surface area contributed by atoms with Crippen LogP contribution in [0.25, 0.3) is 21.8 Å². The van der Waals surface area contributed by atoms with E-state index in [1.165, 1.54) is 11.8 Å². The molecule has 0 aliphatic carbocycles. The van der Waals surface area contributed by atoms with Gasteiger partial charge in [-0.1, -0.05) is 54.2 Å². The minimum Gasteiger partial charge on any atom is -0.497 e. The maximum absolute atomic E-state index is 12.7. The quantitative estimate of drug-likeness (QED) is 0.419. The van der Waals surface area contributed by atoms with Crippen molar-refractivity contribution < 1.29 is 9.53 Å². The van der Waals surface area contributed by atoms with Crippen LogP contribution in [0.15, 0.2) is 65.8 Å². The molecule has 0 radical (unpaired) electrons. The van der Waals surface area contributed by atoms with Crippen LogP contribution in [-0.2, 0) is 0 Å². The third kappa shape index (κ3) is 3.10. The van der Waals surface area contributed by atoms with Crippen molar-refractivity contribution in [3.63, 3.8) is 0 Å². The summed E-state index contributed by atoms with van der Waals surface area (Å²) in [6.07, 6.45) is 0. The molecule has 0 spiro atoms. The molecule has 0 amide bonds. The number of nitrogens with one attached hydrogen (secondary N) is 1. The van der Waals surface area contributed by atoms with E-state index in [2.05, 4.69) is 9.97 Å². The summed E-state index contributed by atoms with van der Waals surface area (Å²) in [5.74, 6) is 1.21. The smallest absolute Gasteiger partial charge is 0.173 e. The Morgan fingerprint density at radius 2 is 1.96 bits per heavy atom. The highest BCUT2D eigenvalue weighted by Gasteiger charge is 2.12. The van der Waals surface area contributed by atoms with Gasteiger partial charge in [0.05, 0.1) is 23.9 Å². The lowest BCUT2D eigenvalue weighted by Crippen LogP contribution is -2.03. The molecule has 1 N–H and O–H groups in total. The molecule has 3 aromatic carbocycles. The molecular weight excluding hydrogens is 332 g/mol. The summed E-state index contributed by atoms with van der Waals surface area (Å²) in [4.78, 5) is 20.4. The van der Waals surface area contributed by atoms with E-state index in [9.17, 15) is 4.79 Å². The highest BCUT2D eigenvalue weighted by molar-refractivity contribution is 7.99. The van der Waals surface area contributed by atoms with Crippen LogP contribution in [-0.4, -0.2) is 28.6 Å². The second-order valence-corrected chi connectivity index (χ2v) is 6.63. The molecule has 0 saturated carbocycles. The van der Waals surface area contributed by atoms with Crippen molar-refractivity contribution in [1.82, 2.24) is 9.97 Å². The van der Waals surface area contributed by atoms with Crippen LogP contribution in [0, 0.1) is 0 Å². The van der Waals surface area contributed by atoms with E-state index in [4.69, 9.17) is 4.74 Å². The van der Waals surface area contributed by atoms with Gasteiger partial charge in [0, 0.05) is 11.6 Å². The summed E-state index contributed by atoms with van der Waals surface area (Å²) in [5, 5.41) is 2.80. The Morgan fingerprint density at radius 1 is 1.12 bits per heavy atom. The zero-order valence-corrected chi connectivity index (χ0v) is 14.5. The largest absolute Gasteiger partial charge is 0.497 e. The van der Waals surface area contributed by atoms with Crippen molar-refractivity contribution >= 4 is 39.4 Å². The summed E-state index contributed by atoms with van der Waals surface area (Å²) in [6.45, 7) is 0. The van der Waals surface area contributed by atoms with Crippen molar-refractivity contribution in [3.8, 4) is 5.75 Å². The van der Waals surface area contributed by atoms with Crippen molar-refractivity contribution in [2.24, 2.45) is 0 Å². The molecule has 5 heteroatoms. The van der Waals surface area contributed by atoms with Crippen molar-refractivity contribution in [2.45, 2.75) is 5.16 Å². The molecule has 0 fully saturated rings. The van der Waals surface area contributed by atoms with E-state index >= 15 is 0 Å². The lowest BCUT2D eigenvalue weighted by Gasteiger charge is -2.04. The number of ketones is 1. The summed E-state index contributed by atoms with van der Waals surface area (Å²) in [5.41, 5.74) is 2.52. The van der Waals surface area contributed by atoms with Crippen molar-refractivity contribution in [3.05, 3.63) is 66.2 Å². The molecule has 0 unspecified atom stereocenters. The van der Waals surface area contributed by atoms with Gasteiger partial charge in [-0.15, -0.1) is 0 Å². The molecule has 1 heterocycles. The minimum absolute atomic E-state index is 0.0971. The number of nitrogens with zero attached hydrogens (tertiary/aromatic N) is 1. The number of H-pyrrole nitrogens is 1. The van der Waals surface area contributed by atoms with Gasteiger partial charge in [0.25, 0.3) is 0 Å². The third-order valence-electron chi connectivity index (χ3n) is 4.10. The van der Waals surface area contributed by atoms with Gasteiger partial charge in [0.2, 0.25) is 0 Å². The molecular formula is C20H16N2O2S. The number of carbonyl (C=O) groups is 1. The van der Waals surface area contributed by atoms with E-state index < -0.39 is 0 Å². The number of carbonyl (C=O) groups excluding carboxylic acids is 1. The molecule has 4 rings (SSSR count). The minimum atomic E-state index is 0.0971. The molecule has 0 aliphatic rings. The average Bonchev–Trinajstić information content (AvgIpc) is 3.07. The SMILES string of the molecule is COc1ccc2nc(SCC(=O)c3cccc4ccccc34)[nH]c2c1. The fourth-order valence-electron chi connectivity index (χ4n) is 2.84. The number of benzene rings is 3. The Kier molecular flexibility index (Phi) is 4.15. The number of hydrogen-bond acceptors (Lipinski definition) is 4. The number of ether oxygens (including phenoxy) is 1. The Labute approximate surface area is 149 Å². The van der Waals surface area contributed by atoms with Crippen LogP contribution in [0.3, 0.4) is 0 Å². The maximum Gasteiger partial charge on any atom is 0.173 e. The number of fused-ring (bicyclic) bond motifs is 2.